The minimum Gasteiger partial charge on any atom is -0.454 e. The maximum atomic E-state index is 13.6. The zero-order chi connectivity index (χ0) is 13.8. The van der Waals surface area contributed by atoms with Gasteiger partial charge in [-0.1, -0.05) is 35.0 Å². The summed E-state index contributed by atoms with van der Waals surface area (Å²) < 4.78 is 19.7. The molecule has 0 saturated carbocycles. The van der Waals surface area contributed by atoms with Crippen molar-refractivity contribution < 1.29 is 14.2 Å². The molecule has 1 atom stereocenters. The Labute approximate surface area is 120 Å². The van der Waals surface area contributed by atoms with Gasteiger partial charge >= 0.3 is 0 Å². The lowest BCUT2D eigenvalue weighted by atomic mass is 10.1. The van der Waals surface area contributed by atoms with Crippen molar-refractivity contribution in [3.8, 4) is 11.5 Å². The van der Waals surface area contributed by atoms with Crippen LogP contribution in [0.4, 0.5) is 4.39 Å². The number of halogens is 2. The van der Waals surface area contributed by atoms with E-state index in [9.17, 15) is 9.50 Å². The summed E-state index contributed by atoms with van der Waals surface area (Å²) in [5.74, 6) is 0.285. The second-order valence-electron chi connectivity index (χ2n) is 4.17. The van der Waals surface area contributed by atoms with Gasteiger partial charge in [-0.15, -0.1) is 0 Å². The van der Waals surface area contributed by atoms with Crippen LogP contribution in [-0.2, 0) is 0 Å². The third-order valence-electron chi connectivity index (χ3n) is 2.77. The largest absolute Gasteiger partial charge is 0.454 e. The van der Waals surface area contributed by atoms with E-state index in [2.05, 4.69) is 15.9 Å². The summed E-state index contributed by atoms with van der Waals surface area (Å²) in [5, 5.41) is 9.68. The van der Waals surface area contributed by atoms with Crippen LogP contribution in [-0.4, -0.2) is 5.11 Å². The Bertz CT molecular complexity index is 555. The van der Waals surface area contributed by atoms with Gasteiger partial charge in [0.25, 0.3) is 0 Å². The van der Waals surface area contributed by atoms with Crippen molar-refractivity contribution in [1.29, 1.82) is 0 Å². The Kier molecular flexibility index (Phi) is 4.56. The second kappa shape index (κ2) is 6.17. The normalized spacial score (nSPS) is 12.2. The van der Waals surface area contributed by atoms with Crippen LogP contribution in [0.5, 0.6) is 11.5 Å². The highest BCUT2D eigenvalue weighted by Crippen LogP contribution is 2.28. The lowest BCUT2D eigenvalue weighted by molar-refractivity contribution is 0.173. The molecule has 4 heteroatoms. The third kappa shape index (κ3) is 3.55. The molecule has 1 N–H and O–H groups in total. The van der Waals surface area contributed by atoms with Crippen molar-refractivity contribution in [2.45, 2.75) is 19.4 Å². The quantitative estimate of drug-likeness (QED) is 0.873. The SMILES string of the molecule is CCC(O)c1ccc(Oc2ccc(Br)cc2F)cc1. The molecule has 0 amide bonds. The monoisotopic (exact) mass is 324 g/mol. The molecule has 0 spiro atoms. The van der Waals surface area contributed by atoms with Gasteiger partial charge in [0.2, 0.25) is 0 Å². The van der Waals surface area contributed by atoms with Crippen LogP contribution in [0, 0.1) is 5.82 Å². The Morgan fingerprint density at radius 2 is 1.89 bits per heavy atom. The molecule has 0 aromatic heterocycles. The van der Waals surface area contributed by atoms with Crippen molar-refractivity contribution in [2.75, 3.05) is 0 Å². The molecular weight excluding hydrogens is 311 g/mol. The standard InChI is InChI=1S/C15H14BrFO2/c1-2-14(18)10-3-6-12(7-4-10)19-15-8-5-11(16)9-13(15)17/h3-9,14,18H,2H2,1H3. The molecule has 19 heavy (non-hydrogen) atoms. The number of aliphatic hydroxyl groups is 1. The first-order valence-corrected chi connectivity index (χ1v) is 6.80. The molecule has 0 aliphatic rings. The zero-order valence-corrected chi connectivity index (χ0v) is 12.0. The van der Waals surface area contributed by atoms with E-state index < -0.39 is 11.9 Å². The van der Waals surface area contributed by atoms with Gasteiger partial charge in [0.15, 0.2) is 11.6 Å². The van der Waals surface area contributed by atoms with Crippen LogP contribution in [0.25, 0.3) is 0 Å². The highest BCUT2D eigenvalue weighted by molar-refractivity contribution is 9.10. The van der Waals surface area contributed by atoms with Crippen LogP contribution in [0.15, 0.2) is 46.9 Å². The van der Waals surface area contributed by atoms with Crippen LogP contribution >= 0.6 is 15.9 Å². The first-order valence-electron chi connectivity index (χ1n) is 6.01. The molecule has 0 radical (unpaired) electrons. The molecule has 0 aliphatic heterocycles. The van der Waals surface area contributed by atoms with Gasteiger partial charge in [-0.3, -0.25) is 0 Å². The Balaban J connectivity index is 2.15. The average molecular weight is 325 g/mol. The number of hydrogen-bond acceptors (Lipinski definition) is 2. The van der Waals surface area contributed by atoms with Gasteiger partial charge in [0.1, 0.15) is 5.75 Å². The Morgan fingerprint density at radius 1 is 1.21 bits per heavy atom. The number of rotatable bonds is 4. The summed E-state index contributed by atoms with van der Waals surface area (Å²) >= 11 is 3.19. The molecular formula is C15H14BrFO2. The fraction of sp³-hybridized carbons (Fsp3) is 0.200. The molecule has 2 aromatic rings. The predicted molar refractivity (Wildman–Crippen MR) is 75.9 cm³/mol. The lowest BCUT2D eigenvalue weighted by Crippen LogP contribution is -1.95. The van der Waals surface area contributed by atoms with E-state index in [1.807, 2.05) is 6.92 Å². The number of benzene rings is 2. The van der Waals surface area contributed by atoms with Gasteiger partial charge < -0.3 is 9.84 Å². The van der Waals surface area contributed by atoms with E-state index in [1.165, 1.54) is 6.07 Å². The van der Waals surface area contributed by atoms with Crippen molar-refractivity contribution in [2.24, 2.45) is 0 Å². The van der Waals surface area contributed by atoms with Crippen LogP contribution in [0.2, 0.25) is 0 Å². The van der Waals surface area contributed by atoms with Crippen molar-refractivity contribution >= 4 is 15.9 Å². The maximum Gasteiger partial charge on any atom is 0.166 e. The Hall–Kier alpha value is -1.39. The molecule has 100 valence electrons. The van der Waals surface area contributed by atoms with Gasteiger partial charge in [-0.25, -0.2) is 4.39 Å². The van der Waals surface area contributed by atoms with Crippen LogP contribution in [0.1, 0.15) is 25.0 Å². The summed E-state index contributed by atoms with van der Waals surface area (Å²) in [6.45, 7) is 1.91. The minimum absolute atomic E-state index is 0.173. The van der Waals surface area contributed by atoms with Crippen molar-refractivity contribution in [3.05, 3.63) is 58.3 Å². The molecule has 2 rings (SSSR count). The molecule has 0 aliphatic carbocycles. The fourth-order valence-corrected chi connectivity index (χ4v) is 2.01. The van der Waals surface area contributed by atoms with E-state index in [-0.39, 0.29) is 5.75 Å². The van der Waals surface area contributed by atoms with Gasteiger partial charge in [-0.05, 0) is 42.3 Å². The summed E-state index contributed by atoms with van der Waals surface area (Å²) in [6.07, 6.45) is 0.181. The van der Waals surface area contributed by atoms with E-state index in [4.69, 9.17) is 4.74 Å². The van der Waals surface area contributed by atoms with E-state index in [0.717, 1.165) is 5.56 Å². The Morgan fingerprint density at radius 3 is 2.47 bits per heavy atom. The third-order valence-corrected chi connectivity index (χ3v) is 3.27. The van der Waals surface area contributed by atoms with E-state index in [1.54, 1.807) is 36.4 Å². The number of aliphatic hydroxyl groups excluding tert-OH is 1. The second-order valence-corrected chi connectivity index (χ2v) is 5.09. The first kappa shape index (κ1) is 14.0. The summed E-state index contributed by atoms with van der Waals surface area (Å²) in [5.41, 5.74) is 0.825. The van der Waals surface area contributed by atoms with Crippen molar-refractivity contribution in [3.63, 3.8) is 0 Å². The highest BCUT2D eigenvalue weighted by atomic mass is 79.9. The molecule has 0 bridgehead atoms. The van der Waals surface area contributed by atoms with Gasteiger partial charge in [0.05, 0.1) is 6.10 Å². The van der Waals surface area contributed by atoms with E-state index in [0.29, 0.717) is 16.6 Å². The molecule has 0 saturated heterocycles. The number of hydrogen-bond donors (Lipinski definition) is 1. The summed E-state index contributed by atoms with van der Waals surface area (Å²) in [7, 11) is 0. The summed E-state index contributed by atoms with van der Waals surface area (Å²) in [4.78, 5) is 0. The minimum atomic E-state index is -0.474. The first-order chi connectivity index (χ1) is 9.10. The fourth-order valence-electron chi connectivity index (χ4n) is 1.68. The van der Waals surface area contributed by atoms with Crippen LogP contribution in [0.3, 0.4) is 0 Å². The van der Waals surface area contributed by atoms with Gasteiger partial charge in [-0.2, -0.15) is 0 Å². The van der Waals surface area contributed by atoms with Crippen LogP contribution < -0.4 is 4.74 Å². The summed E-state index contributed by atoms with van der Waals surface area (Å²) in [6, 6.07) is 11.6. The molecule has 0 heterocycles. The molecule has 2 aromatic carbocycles. The zero-order valence-electron chi connectivity index (χ0n) is 10.4. The van der Waals surface area contributed by atoms with E-state index >= 15 is 0 Å². The molecule has 0 fully saturated rings. The predicted octanol–water partition coefficient (Wildman–Crippen LogP) is 4.82. The van der Waals surface area contributed by atoms with Crippen molar-refractivity contribution in [1.82, 2.24) is 0 Å². The smallest absolute Gasteiger partial charge is 0.166 e. The average Bonchev–Trinajstić information content (AvgIpc) is 2.42. The van der Waals surface area contributed by atoms with Gasteiger partial charge in [0, 0.05) is 4.47 Å². The molecule has 1 unspecified atom stereocenters. The molecule has 2 nitrogen and oxygen atoms in total. The topological polar surface area (TPSA) is 29.5 Å². The number of ether oxygens (including phenoxy) is 1. The maximum absolute atomic E-state index is 13.6. The highest BCUT2D eigenvalue weighted by Gasteiger charge is 2.07. The lowest BCUT2D eigenvalue weighted by Gasteiger charge is -2.10.